The zero-order valence-corrected chi connectivity index (χ0v) is 15.3. The van der Waals surface area contributed by atoms with Crippen molar-refractivity contribution in [1.82, 2.24) is 0 Å². The largest absolute Gasteiger partial charge is 0.493 e. The van der Waals surface area contributed by atoms with Crippen LogP contribution in [0.4, 0.5) is 5.69 Å². The van der Waals surface area contributed by atoms with E-state index in [9.17, 15) is 13.2 Å². The third kappa shape index (κ3) is 3.86. The lowest BCUT2D eigenvalue weighted by Gasteiger charge is -2.18. The van der Waals surface area contributed by atoms with E-state index in [-0.39, 0.29) is 17.4 Å². The summed E-state index contributed by atoms with van der Waals surface area (Å²) in [5, 5.41) is 14.1. The molecule has 2 N–H and O–H groups in total. The number of carbonyl (C=O) groups excluding carboxylic acids is 1. The molecule has 1 aliphatic rings. The number of hydrogen-bond donors (Lipinski definition) is 1. The van der Waals surface area contributed by atoms with Crippen molar-refractivity contribution in [1.29, 1.82) is 5.26 Å². The van der Waals surface area contributed by atoms with Crippen molar-refractivity contribution in [3.8, 4) is 17.6 Å². The van der Waals surface area contributed by atoms with Crippen molar-refractivity contribution in [3.05, 3.63) is 47.5 Å². The standard InChI is InChI=1S/C18H17N3O5S/c1-25-17-8-12(10-19)2-5-16(17)26-11-18(22)21-7-6-13-9-14(27(20,23)24)3-4-15(13)21/h2-5,8-9H,6-7,11H2,1H3,(H2,20,23,24). The summed E-state index contributed by atoms with van der Waals surface area (Å²) in [7, 11) is -2.34. The molecule has 0 saturated heterocycles. The van der Waals surface area contributed by atoms with E-state index in [1.807, 2.05) is 6.07 Å². The first kappa shape index (κ1) is 18.7. The van der Waals surface area contributed by atoms with E-state index in [0.29, 0.717) is 35.7 Å². The van der Waals surface area contributed by atoms with Crippen LogP contribution in [0.5, 0.6) is 11.5 Å². The van der Waals surface area contributed by atoms with Crippen LogP contribution in [0.15, 0.2) is 41.3 Å². The molecule has 140 valence electrons. The molecule has 3 rings (SSSR count). The number of benzene rings is 2. The number of hydrogen-bond acceptors (Lipinski definition) is 6. The fourth-order valence-corrected chi connectivity index (χ4v) is 3.45. The summed E-state index contributed by atoms with van der Waals surface area (Å²) >= 11 is 0. The minimum absolute atomic E-state index is 0.0223. The van der Waals surface area contributed by atoms with Crippen molar-refractivity contribution >= 4 is 21.6 Å². The Morgan fingerprint density at radius 2 is 2.04 bits per heavy atom. The molecule has 8 nitrogen and oxygen atoms in total. The average Bonchev–Trinajstić information content (AvgIpc) is 3.08. The molecular weight excluding hydrogens is 370 g/mol. The van der Waals surface area contributed by atoms with Gasteiger partial charge in [-0.15, -0.1) is 0 Å². The minimum Gasteiger partial charge on any atom is -0.493 e. The Bertz CT molecular complexity index is 1040. The SMILES string of the molecule is COc1cc(C#N)ccc1OCC(=O)N1CCc2cc(S(N)(=O)=O)ccc21. The van der Waals surface area contributed by atoms with Gasteiger partial charge in [0, 0.05) is 18.3 Å². The third-order valence-corrected chi connectivity index (χ3v) is 5.13. The maximum absolute atomic E-state index is 12.6. The summed E-state index contributed by atoms with van der Waals surface area (Å²) in [6.45, 7) is 0.203. The lowest BCUT2D eigenvalue weighted by atomic mass is 10.2. The zero-order valence-electron chi connectivity index (χ0n) is 14.5. The monoisotopic (exact) mass is 387 g/mol. The van der Waals surface area contributed by atoms with Gasteiger partial charge in [-0.05, 0) is 42.3 Å². The number of primary sulfonamides is 1. The van der Waals surface area contributed by atoms with E-state index < -0.39 is 10.0 Å². The van der Waals surface area contributed by atoms with Gasteiger partial charge in [-0.25, -0.2) is 13.6 Å². The van der Waals surface area contributed by atoms with E-state index in [2.05, 4.69) is 0 Å². The number of rotatable bonds is 5. The van der Waals surface area contributed by atoms with Crippen molar-refractivity contribution in [2.75, 3.05) is 25.2 Å². The van der Waals surface area contributed by atoms with Crippen molar-refractivity contribution in [3.63, 3.8) is 0 Å². The lowest BCUT2D eigenvalue weighted by molar-refractivity contribution is -0.120. The number of ether oxygens (including phenoxy) is 2. The summed E-state index contributed by atoms with van der Waals surface area (Å²) in [6, 6.07) is 11.1. The molecule has 27 heavy (non-hydrogen) atoms. The van der Waals surface area contributed by atoms with Gasteiger partial charge < -0.3 is 14.4 Å². The highest BCUT2D eigenvalue weighted by molar-refractivity contribution is 7.89. The number of fused-ring (bicyclic) bond motifs is 1. The van der Waals surface area contributed by atoms with Gasteiger partial charge >= 0.3 is 0 Å². The average molecular weight is 387 g/mol. The van der Waals surface area contributed by atoms with Crippen LogP contribution in [0, 0.1) is 11.3 Å². The summed E-state index contributed by atoms with van der Waals surface area (Å²) in [6.07, 6.45) is 0.532. The highest BCUT2D eigenvalue weighted by Gasteiger charge is 2.26. The van der Waals surface area contributed by atoms with Gasteiger partial charge in [0.15, 0.2) is 18.1 Å². The molecule has 0 aromatic heterocycles. The number of sulfonamides is 1. The van der Waals surface area contributed by atoms with E-state index in [1.165, 1.54) is 25.3 Å². The fraction of sp³-hybridized carbons (Fsp3) is 0.222. The lowest BCUT2D eigenvalue weighted by Crippen LogP contribution is -2.33. The molecule has 0 aliphatic carbocycles. The topological polar surface area (TPSA) is 123 Å². The van der Waals surface area contributed by atoms with Crippen LogP contribution >= 0.6 is 0 Å². The Kier molecular flexibility index (Phi) is 5.03. The van der Waals surface area contributed by atoms with Gasteiger partial charge in [0.1, 0.15) is 0 Å². The second-order valence-electron chi connectivity index (χ2n) is 5.90. The number of methoxy groups -OCH3 is 1. The molecule has 1 aliphatic heterocycles. The number of anilines is 1. The van der Waals surface area contributed by atoms with Gasteiger partial charge in [0.25, 0.3) is 5.91 Å². The molecular formula is C18H17N3O5S. The van der Waals surface area contributed by atoms with Crippen molar-refractivity contribution in [2.45, 2.75) is 11.3 Å². The van der Waals surface area contributed by atoms with Crippen LogP contribution in [0.2, 0.25) is 0 Å². The number of nitriles is 1. The molecule has 2 aromatic rings. The number of nitrogens with two attached hydrogens (primary N) is 1. The third-order valence-electron chi connectivity index (χ3n) is 4.22. The quantitative estimate of drug-likeness (QED) is 0.822. The Morgan fingerprint density at radius 3 is 2.70 bits per heavy atom. The maximum Gasteiger partial charge on any atom is 0.264 e. The Morgan fingerprint density at radius 1 is 1.26 bits per heavy atom. The van der Waals surface area contributed by atoms with Crippen LogP contribution in [0.3, 0.4) is 0 Å². The van der Waals surface area contributed by atoms with Gasteiger partial charge in [0.2, 0.25) is 10.0 Å². The Hall–Kier alpha value is -3.09. The fourth-order valence-electron chi connectivity index (χ4n) is 2.89. The molecule has 0 fully saturated rings. The summed E-state index contributed by atoms with van der Waals surface area (Å²) in [5.41, 5.74) is 1.80. The molecule has 0 saturated carbocycles. The molecule has 1 heterocycles. The predicted octanol–water partition coefficient (Wildman–Crippen LogP) is 1.18. The molecule has 1 amide bonds. The Balaban J connectivity index is 1.74. The molecule has 0 bridgehead atoms. The van der Waals surface area contributed by atoms with Crippen LogP contribution in [0.1, 0.15) is 11.1 Å². The van der Waals surface area contributed by atoms with Crippen LogP contribution in [0.25, 0.3) is 0 Å². The molecule has 9 heteroatoms. The van der Waals surface area contributed by atoms with Gasteiger partial charge in [-0.1, -0.05) is 0 Å². The smallest absolute Gasteiger partial charge is 0.264 e. The van der Waals surface area contributed by atoms with Gasteiger partial charge in [0.05, 0.1) is 23.6 Å². The van der Waals surface area contributed by atoms with Crippen LogP contribution < -0.4 is 19.5 Å². The molecule has 0 spiro atoms. The normalized spacial score (nSPS) is 13.0. The predicted molar refractivity (Wildman–Crippen MR) is 97.1 cm³/mol. The Labute approximate surface area is 156 Å². The first-order chi connectivity index (χ1) is 12.8. The highest BCUT2D eigenvalue weighted by atomic mass is 32.2. The minimum atomic E-state index is -3.79. The first-order valence-corrected chi connectivity index (χ1v) is 9.55. The highest BCUT2D eigenvalue weighted by Crippen LogP contribution is 2.31. The summed E-state index contributed by atoms with van der Waals surface area (Å²) in [5.74, 6) is 0.443. The van der Waals surface area contributed by atoms with E-state index in [1.54, 1.807) is 23.1 Å². The first-order valence-electron chi connectivity index (χ1n) is 8.00. The summed E-state index contributed by atoms with van der Waals surface area (Å²) < 4.78 is 33.6. The molecule has 0 atom stereocenters. The van der Waals surface area contributed by atoms with E-state index in [0.717, 1.165) is 5.56 Å². The maximum atomic E-state index is 12.6. The molecule has 0 radical (unpaired) electrons. The van der Waals surface area contributed by atoms with E-state index in [4.69, 9.17) is 19.9 Å². The van der Waals surface area contributed by atoms with Crippen LogP contribution in [-0.4, -0.2) is 34.6 Å². The van der Waals surface area contributed by atoms with Gasteiger partial charge in [-0.3, -0.25) is 4.79 Å². The van der Waals surface area contributed by atoms with Crippen molar-refractivity contribution < 1.29 is 22.7 Å². The molecule has 2 aromatic carbocycles. The second-order valence-corrected chi connectivity index (χ2v) is 7.46. The number of carbonyl (C=O) groups is 1. The van der Waals surface area contributed by atoms with Crippen LogP contribution in [-0.2, 0) is 21.2 Å². The summed E-state index contributed by atoms with van der Waals surface area (Å²) in [4.78, 5) is 14.1. The van der Waals surface area contributed by atoms with Crippen molar-refractivity contribution in [2.24, 2.45) is 5.14 Å². The zero-order chi connectivity index (χ0) is 19.6. The van der Waals surface area contributed by atoms with Gasteiger partial charge in [-0.2, -0.15) is 5.26 Å². The number of amides is 1. The van der Waals surface area contributed by atoms with E-state index >= 15 is 0 Å². The molecule has 0 unspecified atom stereocenters. The second kappa shape index (κ2) is 7.26. The number of nitrogens with zero attached hydrogens (tertiary/aromatic N) is 2.